The van der Waals surface area contributed by atoms with Crippen molar-refractivity contribution < 1.29 is 4.79 Å². The highest BCUT2D eigenvalue weighted by Crippen LogP contribution is 2.23. The Morgan fingerprint density at radius 1 is 1.58 bits per heavy atom. The Morgan fingerprint density at radius 2 is 2.37 bits per heavy atom. The average Bonchev–Trinajstić information content (AvgIpc) is 2.39. The number of anilines is 1. The molecule has 96 valence electrons. The summed E-state index contributed by atoms with van der Waals surface area (Å²) in [6, 6.07) is 7.22. The van der Waals surface area contributed by atoms with E-state index in [1.54, 1.807) is 12.1 Å². The number of nitriles is 1. The molecule has 0 spiro atoms. The fraction of sp³-hybridized carbons (Fsp3) is 0.167. The number of hydrogen-bond donors (Lipinski definition) is 4. The topological polar surface area (TPSA) is 127 Å². The van der Waals surface area contributed by atoms with Gasteiger partial charge in [-0.2, -0.15) is 10.4 Å². The lowest BCUT2D eigenvalue weighted by atomic mass is 9.99. The van der Waals surface area contributed by atoms with Crippen LogP contribution in [0.5, 0.6) is 0 Å². The first kappa shape index (κ1) is 12.6. The minimum Gasteiger partial charge on any atom is -0.382 e. The highest BCUT2D eigenvalue weighted by atomic mass is 16.1. The van der Waals surface area contributed by atoms with Crippen LogP contribution in [-0.4, -0.2) is 17.5 Å². The minimum absolute atomic E-state index is 0.0576. The van der Waals surface area contributed by atoms with E-state index in [0.29, 0.717) is 12.2 Å². The fourth-order valence-electron chi connectivity index (χ4n) is 1.79. The summed E-state index contributed by atoms with van der Waals surface area (Å²) >= 11 is 0. The highest BCUT2D eigenvalue weighted by Gasteiger charge is 2.17. The Hall–Kier alpha value is -2.88. The van der Waals surface area contributed by atoms with Crippen LogP contribution < -0.4 is 16.5 Å². The van der Waals surface area contributed by atoms with Gasteiger partial charge in [-0.05, 0) is 17.2 Å². The average molecular weight is 256 g/mol. The van der Waals surface area contributed by atoms with E-state index in [0.717, 1.165) is 11.1 Å². The summed E-state index contributed by atoms with van der Waals surface area (Å²) in [5, 5.41) is 22.4. The van der Waals surface area contributed by atoms with Crippen LogP contribution >= 0.6 is 0 Å². The van der Waals surface area contributed by atoms with Gasteiger partial charge in [0.1, 0.15) is 6.07 Å². The number of hydrazone groups is 1. The van der Waals surface area contributed by atoms with E-state index in [1.165, 1.54) is 0 Å². The number of benzene rings is 1. The number of carbonyl (C=O) groups is 1. The molecule has 19 heavy (non-hydrogen) atoms. The SMILES string of the molecule is N#C/C(=N\Nc1cccc2c1CC(=O)NC2)C(=N)N. The van der Waals surface area contributed by atoms with Crippen LogP contribution in [0.4, 0.5) is 5.69 Å². The summed E-state index contributed by atoms with van der Waals surface area (Å²) in [6.07, 6.45) is 0.260. The molecule has 1 heterocycles. The van der Waals surface area contributed by atoms with Gasteiger partial charge in [0.05, 0.1) is 12.1 Å². The molecule has 7 heteroatoms. The van der Waals surface area contributed by atoms with Crippen LogP contribution in [0.15, 0.2) is 23.3 Å². The Labute approximate surface area is 109 Å². The molecule has 0 aromatic heterocycles. The van der Waals surface area contributed by atoms with E-state index in [4.69, 9.17) is 16.4 Å². The van der Waals surface area contributed by atoms with Crippen molar-refractivity contribution in [3.63, 3.8) is 0 Å². The first-order valence-electron chi connectivity index (χ1n) is 5.57. The van der Waals surface area contributed by atoms with Crippen molar-refractivity contribution in [3.8, 4) is 6.07 Å². The zero-order valence-corrected chi connectivity index (χ0v) is 10.0. The lowest BCUT2D eigenvalue weighted by molar-refractivity contribution is -0.121. The van der Waals surface area contributed by atoms with Crippen LogP contribution in [-0.2, 0) is 17.8 Å². The highest BCUT2D eigenvalue weighted by molar-refractivity contribution is 6.45. The first-order valence-corrected chi connectivity index (χ1v) is 5.57. The molecule has 7 nitrogen and oxygen atoms in total. The minimum atomic E-state index is -0.405. The first-order chi connectivity index (χ1) is 9.11. The number of hydrogen-bond acceptors (Lipinski definition) is 5. The van der Waals surface area contributed by atoms with E-state index < -0.39 is 5.84 Å². The molecule has 1 aliphatic rings. The van der Waals surface area contributed by atoms with Gasteiger partial charge in [0.2, 0.25) is 11.6 Å². The van der Waals surface area contributed by atoms with Crippen LogP contribution in [0, 0.1) is 16.7 Å². The predicted octanol–water partition coefficient (Wildman–Crippen LogP) is 0.0863. The van der Waals surface area contributed by atoms with Gasteiger partial charge in [-0.25, -0.2) is 0 Å². The van der Waals surface area contributed by atoms with Crippen LogP contribution in [0.1, 0.15) is 11.1 Å². The number of rotatable bonds is 3. The summed E-state index contributed by atoms with van der Waals surface area (Å²) in [5.41, 5.74) is 10.2. The largest absolute Gasteiger partial charge is 0.382 e. The molecule has 0 atom stereocenters. The lowest BCUT2D eigenvalue weighted by Crippen LogP contribution is -2.30. The quantitative estimate of drug-likeness (QED) is 0.347. The summed E-state index contributed by atoms with van der Waals surface area (Å²) in [5.74, 6) is -0.463. The molecule has 5 N–H and O–H groups in total. The second kappa shape index (κ2) is 5.18. The Kier molecular flexibility index (Phi) is 3.43. The molecule has 1 aromatic rings. The molecule has 1 amide bonds. The molecule has 0 aliphatic carbocycles. The zero-order chi connectivity index (χ0) is 13.8. The van der Waals surface area contributed by atoms with Gasteiger partial charge in [0, 0.05) is 6.54 Å². The molecule has 0 saturated carbocycles. The maximum absolute atomic E-state index is 11.4. The van der Waals surface area contributed by atoms with Crippen molar-refractivity contribution in [2.75, 3.05) is 5.43 Å². The van der Waals surface area contributed by atoms with E-state index in [1.807, 2.05) is 12.1 Å². The smallest absolute Gasteiger partial charge is 0.224 e. The van der Waals surface area contributed by atoms with Crippen LogP contribution in [0.2, 0.25) is 0 Å². The molecule has 0 saturated heterocycles. The number of nitrogens with one attached hydrogen (secondary N) is 3. The van der Waals surface area contributed by atoms with Gasteiger partial charge < -0.3 is 11.1 Å². The standard InChI is InChI=1S/C12H12N6O/c13-5-10(12(14)15)18-17-9-3-1-2-7-6-16-11(19)4-8(7)9/h1-3,17H,4,6H2,(H3,14,15)(H,16,19)/b18-10+. The molecule has 0 unspecified atom stereocenters. The Balaban J connectivity index is 2.30. The van der Waals surface area contributed by atoms with Gasteiger partial charge in [0.15, 0.2) is 5.84 Å². The normalized spacial score (nSPS) is 14.1. The van der Waals surface area contributed by atoms with Gasteiger partial charge in [-0.15, -0.1) is 0 Å². The summed E-state index contributed by atoms with van der Waals surface area (Å²) in [4.78, 5) is 11.4. The van der Waals surface area contributed by atoms with Crippen molar-refractivity contribution in [1.29, 1.82) is 10.7 Å². The van der Waals surface area contributed by atoms with Crippen molar-refractivity contribution in [3.05, 3.63) is 29.3 Å². The zero-order valence-electron chi connectivity index (χ0n) is 10.0. The predicted molar refractivity (Wildman–Crippen MR) is 70.6 cm³/mol. The summed E-state index contributed by atoms with van der Waals surface area (Å²) in [7, 11) is 0. The monoisotopic (exact) mass is 256 g/mol. The van der Waals surface area contributed by atoms with E-state index in [2.05, 4.69) is 15.8 Å². The second-order valence-electron chi connectivity index (χ2n) is 3.99. The third-order valence-corrected chi connectivity index (χ3v) is 2.74. The van der Waals surface area contributed by atoms with Gasteiger partial charge in [-0.1, -0.05) is 12.1 Å². The molecule has 0 fully saturated rings. The van der Waals surface area contributed by atoms with Crippen LogP contribution in [0.3, 0.4) is 0 Å². The number of fused-ring (bicyclic) bond motifs is 1. The number of amidine groups is 1. The molecule has 2 rings (SSSR count). The van der Waals surface area contributed by atoms with Crippen molar-refractivity contribution in [2.45, 2.75) is 13.0 Å². The van der Waals surface area contributed by atoms with Gasteiger partial charge in [-0.3, -0.25) is 15.6 Å². The Bertz CT molecular complexity index is 613. The summed E-state index contributed by atoms with van der Waals surface area (Å²) in [6.45, 7) is 0.477. The van der Waals surface area contributed by atoms with Gasteiger partial charge >= 0.3 is 0 Å². The molecule has 1 aliphatic heterocycles. The number of nitrogens with two attached hydrogens (primary N) is 1. The molecule has 1 aromatic carbocycles. The van der Waals surface area contributed by atoms with E-state index in [9.17, 15) is 4.79 Å². The molecule has 0 bridgehead atoms. The maximum atomic E-state index is 11.4. The maximum Gasteiger partial charge on any atom is 0.224 e. The van der Waals surface area contributed by atoms with Crippen molar-refractivity contribution in [1.82, 2.24) is 5.32 Å². The molecular weight excluding hydrogens is 244 g/mol. The van der Waals surface area contributed by atoms with Gasteiger partial charge in [0.25, 0.3) is 0 Å². The Morgan fingerprint density at radius 3 is 3.05 bits per heavy atom. The number of amides is 1. The van der Waals surface area contributed by atoms with E-state index >= 15 is 0 Å². The molecular formula is C12H12N6O. The lowest BCUT2D eigenvalue weighted by Gasteiger charge is -2.19. The molecule has 0 radical (unpaired) electrons. The third-order valence-electron chi connectivity index (χ3n) is 2.74. The third kappa shape index (κ3) is 2.69. The van der Waals surface area contributed by atoms with Crippen LogP contribution in [0.25, 0.3) is 0 Å². The van der Waals surface area contributed by atoms with Crippen molar-refractivity contribution >= 4 is 23.1 Å². The van der Waals surface area contributed by atoms with E-state index in [-0.39, 0.29) is 18.0 Å². The number of carbonyl (C=O) groups excluding carboxylic acids is 1. The fourth-order valence-corrected chi connectivity index (χ4v) is 1.79. The second-order valence-corrected chi connectivity index (χ2v) is 3.99. The van der Waals surface area contributed by atoms with Crippen molar-refractivity contribution in [2.24, 2.45) is 10.8 Å². The number of nitrogens with zero attached hydrogens (tertiary/aromatic N) is 2. The summed E-state index contributed by atoms with van der Waals surface area (Å²) < 4.78 is 0.